The highest BCUT2D eigenvalue weighted by molar-refractivity contribution is 6.31. The zero-order chi connectivity index (χ0) is 15.6. The first kappa shape index (κ1) is 16.1. The average molecular weight is 306 g/mol. The summed E-state index contributed by atoms with van der Waals surface area (Å²) in [5.74, 6) is 0. The molecule has 3 nitrogen and oxygen atoms in total. The van der Waals surface area contributed by atoms with Crippen LogP contribution in [-0.2, 0) is 19.0 Å². The molecule has 21 heavy (non-hydrogen) atoms. The van der Waals surface area contributed by atoms with Gasteiger partial charge in [-0.25, -0.2) is 0 Å². The van der Waals surface area contributed by atoms with E-state index in [-0.39, 0.29) is 5.41 Å². The molecule has 1 N–H and O–H groups in total. The third-order valence-electron chi connectivity index (χ3n) is 3.47. The highest BCUT2D eigenvalue weighted by atomic mass is 35.5. The van der Waals surface area contributed by atoms with Crippen molar-refractivity contribution < 1.29 is 0 Å². The van der Waals surface area contributed by atoms with Gasteiger partial charge >= 0.3 is 0 Å². The van der Waals surface area contributed by atoms with Crippen LogP contribution in [0, 0.1) is 0 Å². The molecule has 0 saturated heterocycles. The fraction of sp³-hybridized carbons (Fsp3) is 0.471. The molecule has 0 aliphatic carbocycles. The minimum atomic E-state index is 0.00546. The number of aryl methyl sites for hydroxylation is 1. The number of hydrogen-bond donors (Lipinski definition) is 1. The first-order chi connectivity index (χ1) is 9.82. The molecule has 4 heteroatoms. The average Bonchev–Trinajstić information content (AvgIpc) is 2.79. The summed E-state index contributed by atoms with van der Waals surface area (Å²) in [7, 11) is 1.96. The molecule has 1 aromatic heterocycles. The highest BCUT2D eigenvalue weighted by Crippen LogP contribution is 2.33. The Labute approximate surface area is 132 Å². The fourth-order valence-electron chi connectivity index (χ4n) is 2.37. The summed E-state index contributed by atoms with van der Waals surface area (Å²) in [4.78, 5) is 0. The van der Waals surface area contributed by atoms with E-state index in [1.54, 1.807) is 0 Å². The van der Waals surface area contributed by atoms with Crippen LogP contribution in [0.4, 0.5) is 0 Å². The fourth-order valence-corrected chi connectivity index (χ4v) is 2.62. The van der Waals surface area contributed by atoms with Gasteiger partial charge in [0.15, 0.2) is 0 Å². The van der Waals surface area contributed by atoms with E-state index in [0.717, 1.165) is 40.5 Å². The van der Waals surface area contributed by atoms with Gasteiger partial charge in [-0.2, -0.15) is 5.10 Å². The molecule has 0 atom stereocenters. The number of benzene rings is 1. The second kappa shape index (κ2) is 6.20. The standard InChI is InChI=1S/C17H24ClN3/c1-6-19-10-13-8-7-12(9-15(13)18)14-11-21(5)20-16(14)17(2,3)4/h7-9,11,19H,6,10H2,1-5H3. The van der Waals surface area contributed by atoms with E-state index in [1.165, 1.54) is 0 Å². The van der Waals surface area contributed by atoms with Crippen molar-refractivity contribution in [3.8, 4) is 11.1 Å². The van der Waals surface area contributed by atoms with Crippen LogP contribution in [0.1, 0.15) is 39.0 Å². The van der Waals surface area contributed by atoms with Crippen LogP contribution >= 0.6 is 11.6 Å². The van der Waals surface area contributed by atoms with E-state index < -0.39 is 0 Å². The summed E-state index contributed by atoms with van der Waals surface area (Å²) in [5.41, 5.74) is 4.51. The molecule has 0 aliphatic heterocycles. The lowest BCUT2D eigenvalue weighted by atomic mass is 9.87. The second-order valence-corrected chi connectivity index (χ2v) is 6.81. The SMILES string of the molecule is CCNCc1ccc(-c2cn(C)nc2C(C)(C)C)cc1Cl. The maximum absolute atomic E-state index is 6.42. The molecule has 0 bridgehead atoms. The molecular formula is C17H24ClN3. The molecule has 114 valence electrons. The summed E-state index contributed by atoms with van der Waals surface area (Å²) >= 11 is 6.42. The Bertz CT molecular complexity index is 623. The van der Waals surface area contributed by atoms with Crippen molar-refractivity contribution in [1.29, 1.82) is 0 Å². The lowest BCUT2D eigenvalue weighted by molar-refractivity contribution is 0.554. The van der Waals surface area contributed by atoms with Crippen molar-refractivity contribution in [3.05, 3.63) is 40.7 Å². The molecule has 0 fully saturated rings. The van der Waals surface area contributed by atoms with Crippen LogP contribution in [0.25, 0.3) is 11.1 Å². The van der Waals surface area contributed by atoms with Crippen LogP contribution in [0.5, 0.6) is 0 Å². The van der Waals surface area contributed by atoms with Crippen molar-refractivity contribution in [2.24, 2.45) is 7.05 Å². The number of rotatable bonds is 4. The van der Waals surface area contributed by atoms with Crippen molar-refractivity contribution in [3.63, 3.8) is 0 Å². The number of halogens is 1. The predicted octanol–water partition coefficient (Wildman–Crippen LogP) is 4.15. The predicted molar refractivity (Wildman–Crippen MR) is 89.7 cm³/mol. The lowest BCUT2D eigenvalue weighted by Crippen LogP contribution is -2.14. The van der Waals surface area contributed by atoms with Crippen LogP contribution in [0.2, 0.25) is 5.02 Å². The van der Waals surface area contributed by atoms with Crippen LogP contribution in [0.3, 0.4) is 0 Å². The molecule has 0 radical (unpaired) electrons. The van der Waals surface area contributed by atoms with E-state index in [9.17, 15) is 0 Å². The Balaban J connectivity index is 2.41. The van der Waals surface area contributed by atoms with E-state index >= 15 is 0 Å². The van der Waals surface area contributed by atoms with Gasteiger partial charge in [-0.05, 0) is 23.7 Å². The maximum Gasteiger partial charge on any atom is 0.0756 e. The quantitative estimate of drug-likeness (QED) is 0.919. The Morgan fingerprint density at radius 2 is 2.00 bits per heavy atom. The Kier molecular flexibility index (Phi) is 4.74. The monoisotopic (exact) mass is 305 g/mol. The lowest BCUT2D eigenvalue weighted by Gasteiger charge is -2.18. The third kappa shape index (κ3) is 3.66. The van der Waals surface area contributed by atoms with Crippen LogP contribution in [0.15, 0.2) is 24.4 Å². The van der Waals surface area contributed by atoms with Gasteiger partial charge in [-0.15, -0.1) is 0 Å². The first-order valence-corrected chi connectivity index (χ1v) is 7.74. The summed E-state index contributed by atoms with van der Waals surface area (Å²) < 4.78 is 1.87. The normalized spacial score (nSPS) is 11.9. The molecule has 0 unspecified atom stereocenters. The molecule has 1 heterocycles. The summed E-state index contributed by atoms with van der Waals surface area (Å²) in [6.07, 6.45) is 2.07. The molecular weight excluding hydrogens is 282 g/mol. The van der Waals surface area contributed by atoms with Crippen molar-refractivity contribution in [1.82, 2.24) is 15.1 Å². The number of nitrogens with one attached hydrogen (secondary N) is 1. The van der Waals surface area contributed by atoms with Crippen molar-refractivity contribution >= 4 is 11.6 Å². The van der Waals surface area contributed by atoms with Gasteiger partial charge in [0.1, 0.15) is 0 Å². The molecule has 2 aromatic rings. The van der Waals surface area contributed by atoms with Gasteiger partial charge in [-0.3, -0.25) is 4.68 Å². The molecule has 1 aromatic carbocycles. The zero-order valence-corrected chi connectivity index (χ0v) is 14.3. The topological polar surface area (TPSA) is 29.9 Å². The van der Waals surface area contributed by atoms with Crippen molar-refractivity contribution in [2.75, 3.05) is 6.54 Å². The van der Waals surface area contributed by atoms with E-state index in [4.69, 9.17) is 11.6 Å². The minimum absolute atomic E-state index is 0.00546. The first-order valence-electron chi connectivity index (χ1n) is 7.36. The Morgan fingerprint density at radius 1 is 1.29 bits per heavy atom. The van der Waals surface area contributed by atoms with E-state index in [1.807, 2.05) is 17.8 Å². The maximum atomic E-state index is 6.42. The third-order valence-corrected chi connectivity index (χ3v) is 3.82. The van der Waals surface area contributed by atoms with Gasteiger partial charge in [-0.1, -0.05) is 51.4 Å². The number of hydrogen-bond acceptors (Lipinski definition) is 2. The Morgan fingerprint density at radius 3 is 2.57 bits per heavy atom. The van der Waals surface area contributed by atoms with Gasteiger partial charge in [0.2, 0.25) is 0 Å². The molecule has 0 aliphatic rings. The van der Waals surface area contributed by atoms with Crippen LogP contribution in [-0.4, -0.2) is 16.3 Å². The number of aromatic nitrogens is 2. The second-order valence-electron chi connectivity index (χ2n) is 6.40. The largest absolute Gasteiger partial charge is 0.313 e. The molecule has 0 saturated carbocycles. The summed E-state index contributed by atoms with van der Waals surface area (Å²) in [6, 6.07) is 6.27. The Hall–Kier alpha value is -1.32. The smallest absolute Gasteiger partial charge is 0.0756 e. The van der Waals surface area contributed by atoms with Gasteiger partial charge in [0.25, 0.3) is 0 Å². The van der Waals surface area contributed by atoms with E-state index in [2.05, 4.69) is 56.4 Å². The summed E-state index contributed by atoms with van der Waals surface area (Å²) in [6.45, 7) is 10.4. The molecule has 0 amide bonds. The highest BCUT2D eigenvalue weighted by Gasteiger charge is 2.23. The van der Waals surface area contributed by atoms with Gasteiger partial charge in [0.05, 0.1) is 5.69 Å². The molecule has 0 spiro atoms. The van der Waals surface area contributed by atoms with Gasteiger partial charge in [0, 0.05) is 35.8 Å². The zero-order valence-electron chi connectivity index (χ0n) is 13.5. The van der Waals surface area contributed by atoms with Gasteiger partial charge < -0.3 is 5.32 Å². The van der Waals surface area contributed by atoms with Crippen molar-refractivity contribution in [2.45, 2.75) is 39.7 Å². The van der Waals surface area contributed by atoms with E-state index in [0.29, 0.717) is 0 Å². The molecule has 2 rings (SSSR count). The number of nitrogens with zero attached hydrogens (tertiary/aromatic N) is 2. The van der Waals surface area contributed by atoms with Crippen LogP contribution < -0.4 is 5.32 Å². The minimum Gasteiger partial charge on any atom is -0.313 e. The summed E-state index contributed by atoms with van der Waals surface area (Å²) in [5, 5.41) is 8.73.